The van der Waals surface area contributed by atoms with Gasteiger partial charge >= 0.3 is 0 Å². The van der Waals surface area contributed by atoms with Crippen LogP contribution >= 0.6 is 11.3 Å². The maximum absolute atomic E-state index is 13.6. The predicted molar refractivity (Wildman–Crippen MR) is 102 cm³/mol. The zero-order valence-corrected chi connectivity index (χ0v) is 14.5. The third-order valence-corrected chi connectivity index (χ3v) is 4.64. The van der Waals surface area contributed by atoms with Crippen LogP contribution in [0, 0.1) is 5.82 Å². The van der Waals surface area contributed by atoms with E-state index in [0.29, 0.717) is 24.9 Å². The van der Waals surface area contributed by atoms with Gasteiger partial charge in [0, 0.05) is 22.8 Å². The monoisotopic (exact) mass is 354 g/mol. The SMILES string of the molecule is O=C(Cc1cccs1)Nc1ccc(NCCc2ccccc2F)cc1. The molecule has 0 saturated carbocycles. The van der Waals surface area contributed by atoms with Gasteiger partial charge in [0.1, 0.15) is 5.82 Å². The Hall–Kier alpha value is -2.66. The highest BCUT2D eigenvalue weighted by Crippen LogP contribution is 2.15. The third kappa shape index (κ3) is 5.16. The van der Waals surface area contributed by atoms with Crippen LogP contribution in [-0.4, -0.2) is 12.5 Å². The van der Waals surface area contributed by atoms with E-state index in [1.165, 1.54) is 6.07 Å². The molecule has 1 aromatic heterocycles. The largest absolute Gasteiger partial charge is 0.385 e. The number of halogens is 1. The first-order valence-electron chi connectivity index (χ1n) is 8.10. The van der Waals surface area contributed by atoms with Crippen molar-refractivity contribution in [2.24, 2.45) is 0 Å². The summed E-state index contributed by atoms with van der Waals surface area (Å²) in [4.78, 5) is 13.0. The van der Waals surface area contributed by atoms with Gasteiger partial charge in [0.05, 0.1) is 6.42 Å². The van der Waals surface area contributed by atoms with Crippen LogP contribution in [0.4, 0.5) is 15.8 Å². The Kier molecular flexibility index (Phi) is 5.80. The van der Waals surface area contributed by atoms with Crippen molar-refractivity contribution in [3.63, 3.8) is 0 Å². The number of carbonyl (C=O) groups excluding carboxylic acids is 1. The van der Waals surface area contributed by atoms with Gasteiger partial charge in [-0.25, -0.2) is 4.39 Å². The van der Waals surface area contributed by atoms with E-state index in [1.807, 2.05) is 47.8 Å². The maximum atomic E-state index is 13.6. The minimum Gasteiger partial charge on any atom is -0.385 e. The van der Waals surface area contributed by atoms with Gasteiger partial charge < -0.3 is 10.6 Å². The lowest BCUT2D eigenvalue weighted by atomic mass is 10.1. The summed E-state index contributed by atoms with van der Waals surface area (Å²) < 4.78 is 13.6. The number of amides is 1. The van der Waals surface area contributed by atoms with Crippen molar-refractivity contribution >= 4 is 28.6 Å². The van der Waals surface area contributed by atoms with Crippen LogP contribution in [-0.2, 0) is 17.6 Å². The topological polar surface area (TPSA) is 41.1 Å². The second-order valence-electron chi connectivity index (χ2n) is 5.65. The molecule has 0 unspecified atom stereocenters. The van der Waals surface area contributed by atoms with E-state index in [4.69, 9.17) is 0 Å². The van der Waals surface area contributed by atoms with E-state index in [2.05, 4.69) is 10.6 Å². The molecule has 0 aliphatic rings. The summed E-state index contributed by atoms with van der Waals surface area (Å²) in [6, 6.07) is 18.2. The van der Waals surface area contributed by atoms with E-state index in [0.717, 1.165) is 16.3 Å². The highest BCUT2D eigenvalue weighted by Gasteiger charge is 2.05. The van der Waals surface area contributed by atoms with Crippen molar-refractivity contribution in [3.05, 3.63) is 82.3 Å². The summed E-state index contributed by atoms with van der Waals surface area (Å²) in [6.07, 6.45) is 1.01. The van der Waals surface area contributed by atoms with Gasteiger partial charge in [-0.05, 0) is 53.8 Å². The fraction of sp³-hybridized carbons (Fsp3) is 0.150. The first kappa shape index (κ1) is 17.2. The lowest BCUT2D eigenvalue weighted by molar-refractivity contribution is -0.115. The summed E-state index contributed by atoms with van der Waals surface area (Å²) in [7, 11) is 0. The molecule has 25 heavy (non-hydrogen) atoms. The van der Waals surface area contributed by atoms with E-state index < -0.39 is 0 Å². The zero-order chi connectivity index (χ0) is 17.5. The van der Waals surface area contributed by atoms with Crippen molar-refractivity contribution in [2.75, 3.05) is 17.2 Å². The van der Waals surface area contributed by atoms with Crippen LogP contribution in [0.1, 0.15) is 10.4 Å². The summed E-state index contributed by atoms with van der Waals surface area (Å²) in [5, 5.41) is 8.11. The fourth-order valence-electron chi connectivity index (χ4n) is 2.49. The van der Waals surface area contributed by atoms with Gasteiger partial charge in [-0.1, -0.05) is 24.3 Å². The van der Waals surface area contributed by atoms with Crippen molar-refractivity contribution in [2.45, 2.75) is 12.8 Å². The van der Waals surface area contributed by atoms with Gasteiger partial charge in [0.2, 0.25) is 5.91 Å². The number of thiophene rings is 1. The van der Waals surface area contributed by atoms with Crippen LogP contribution < -0.4 is 10.6 Å². The number of benzene rings is 2. The molecule has 3 aromatic rings. The fourth-order valence-corrected chi connectivity index (χ4v) is 3.19. The Morgan fingerprint density at radius 3 is 2.44 bits per heavy atom. The zero-order valence-electron chi connectivity index (χ0n) is 13.7. The molecule has 3 nitrogen and oxygen atoms in total. The minimum absolute atomic E-state index is 0.0253. The quantitative estimate of drug-likeness (QED) is 0.644. The molecule has 0 radical (unpaired) electrons. The first-order chi connectivity index (χ1) is 12.2. The van der Waals surface area contributed by atoms with Gasteiger partial charge in [-0.2, -0.15) is 0 Å². The van der Waals surface area contributed by atoms with E-state index in [1.54, 1.807) is 23.5 Å². The Bertz CT molecular complexity index is 816. The Balaban J connectivity index is 1.47. The summed E-state index contributed by atoms with van der Waals surface area (Å²) in [6.45, 7) is 0.644. The molecule has 128 valence electrons. The van der Waals surface area contributed by atoms with Crippen molar-refractivity contribution in [3.8, 4) is 0 Å². The standard InChI is InChI=1S/C20H19FN2OS/c21-19-6-2-1-4-15(19)11-12-22-16-7-9-17(10-8-16)23-20(24)14-18-5-3-13-25-18/h1-10,13,22H,11-12,14H2,(H,23,24). The molecule has 0 atom stereocenters. The van der Waals surface area contributed by atoms with E-state index in [9.17, 15) is 9.18 Å². The second kappa shape index (κ2) is 8.44. The molecule has 1 heterocycles. The Labute approximate surface area is 150 Å². The number of anilines is 2. The van der Waals surface area contributed by atoms with Crippen LogP contribution in [0.25, 0.3) is 0 Å². The maximum Gasteiger partial charge on any atom is 0.229 e. The molecule has 0 fully saturated rings. The van der Waals surface area contributed by atoms with Gasteiger partial charge in [-0.3, -0.25) is 4.79 Å². The van der Waals surface area contributed by atoms with Crippen LogP contribution in [0.5, 0.6) is 0 Å². The average Bonchev–Trinajstić information content (AvgIpc) is 3.11. The molecule has 0 spiro atoms. The Morgan fingerprint density at radius 2 is 1.72 bits per heavy atom. The molecule has 2 N–H and O–H groups in total. The summed E-state index contributed by atoms with van der Waals surface area (Å²) in [5.41, 5.74) is 2.40. The average molecular weight is 354 g/mol. The molecule has 0 aliphatic heterocycles. The molecular weight excluding hydrogens is 335 g/mol. The number of nitrogens with one attached hydrogen (secondary N) is 2. The molecule has 1 amide bonds. The summed E-state index contributed by atoms with van der Waals surface area (Å²) >= 11 is 1.57. The van der Waals surface area contributed by atoms with E-state index >= 15 is 0 Å². The van der Waals surface area contributed by atoms with Crippen molar-refractivity contribution in [1.29, 1.82) is 0 Å². The number of carbonyl (C=O) groups is 1. The minimum atomic E-state index is -0.173. The predicted octanol–water partition coefficient (Wildman–Crippen LogP) is 4.72. The van der Waals surface area contributed by atoms with Gasteiger partial charge in [-0.15, -0.1) is 11.3 Å². The van der Waals surface area contributed by atoms with Crippen LogP contribution in [0.3, 0.4) is 0 Å². The summed E-state index contributed by atoms with van der Waals surface area (Å²) in [5.74, 6) is -0.198. The number of hydrogen-bond acceptors (Lipinski definition) is 3. The highest BCUT2D eigenvalue weighted by atomic mass is 32.1. The van der Waals surface area contributed by atoms with Crippen molar-refractivity contribution < 1.29 is 9.18 Å². The van der Waals surface area contributed by atoms with Gasteiger partial charge in [0.25, 0.3) is 0 Å². The molecular formula is C20H19FN2OS. The third-order valence-electron chi connectivity index (χ3n) is 3.76. The first-order valence-corrected chi connectivity index (χ1v) is 8.98. The normalized spacial score (nSPS) is 10.4. The van der Waals surface area contributed by atoms with Gasteiger partial charge in [0.15, 0.2) is 0 Å². The van der Waals surface area contributed by atoms with Crippen LogP contribution in [0.15, 0.2) is 66.0 Å². The molecule has 0 bridgehead atoms. The molecule has 2 aromatic carbocycles. The second-order valence-corrected chi connectivity index (χ2v) is 6.68. The smallest absolute Gasteiger partial charge is 0.229 e. The number of rotatable bonds is 7. The van der Waals surface area contributed by atoms with Crippen LogP contribution in [0.2, 0.25) is 0 Å². The lowest BCUT2D eigenvalue weighted by Gasteiger charge is -2.09. The highest BCUT2D eigenvalue weighted by molar-refractivity contribution is 7.10. The molecule has 0 aliphatic carbocycles. The molecule has 5 heteroatoms. The van der Waals surface area contributed by atoms with E-state index in [-0.39, 0.29) is 11.7 Å². The number of hydrogen-bond donors (Lipinski definition) is 2. The molecule has 0 saturated heterocycles. The molecule has 3 rings (SSSR count). The Morgan fingerprint density at radius 1 is 0.960 bits per heavy atom. The van der Waals surface area contributed by atoms with Crippen molar-refractivity contribution in [1.82, 2.24) is 0 Å². The lowest BCUT2D eigenvalue weighted by Crippen LogP contribution is -2.13.